The van der Waals surface area contributed by atoms with Crippen LogP contribution in [0.2, 0.25) is 0 Å². The van der Waals surface area contributed by atoms with Crippen LogP contribution in [0.4, 0.5) is 10.1 Å². The van der Waals surface area contributed by atoms with Crippen LogP contribution < -0.4 is 5.32 Å². The summed E-state index contributed by atoms with van der Waals surface area (Å²) in [7, 11) is 0. The molecule has 1 saturated heterocycles. The standard InChI is InChI=1S/C25H26FN3O3/c26-20-9-5-4-8-18(20)17-10-11-21-19(14-17)25(32)29-13-12-28(15-22(29)23(30)27-21)24(31)16-6-2-1-3-7-16/h4-5,8-11,14,16,22H,1-3,6-7,12-13,15H2,(H,27,30)/t22-/m1/s1. The molecule has 2 heterocycles. The summed E-state index contributed by atoms with van der Waals surface area (Å²) in [5, 5.41) is 2.85. The predicted molar refractivity (Wildman–Crippen MR) is 118 cm³/mol. The fourth-order valence-electron chi connectivity index (χ4n) is 5.12. The Morgan fingerprint density at radius 2 is 1.75 bits per heavy atom. The van der Waals surface area contributed by atoms with E-state index in [1.54, 1.807) is 46.2 Å². The molecule has 0 aromatic heterocycles. The van der Waals surface area contributed by atoms with Gasteiger partial charge in [0.25, 0.3) is 5.91 Å². The molecule has 2 aromatic carbocycles. The lowest BCUT2D eigenvalue weighted by molar-refractivity contribution is -0.140. The molecule has 6 nitrogen and oxygen atoms in total. The van der Waals surface area contributed by atoms with Gasteiger partial charge in [0.05, 0.1) is 17.8 Å². The number of hydrogen-bond acceptors (Lipinski definition) is 3. The lowest BCUT2D eigenvalue weighted by Crippen LogP contribution is -2.60. The molecule has 7 heteroatoms. The molecule has 1 N–H and O–H groups in total. The first-order chi connectivity index (χ1) is 15.5. The van der Waals surface area contributed by atoms with Gasteiger partial charge in [-0.3, -0.25) is 14.4 Å². The molecular formula is C25H26FN3O3. The van der Waals surface area contributed by atoms with Gasteiger partial charge in [-0.2, -0.15) is 0 Å². The lowest BCUT2D eigenvalue weighted by atomic mass is 9.88. The molecule has 2 aromatic rings. The number of nitrogens with zero attached hydrogens (tertiary/aromatic N) is 2. The summed E-state index contributed by atoms with van der Waals surface area (Å²) >= 11 is 0. The monoisotopic (exact) mass is 435 g/mol. The molecule has 166 valence electrons. The van der Waals surface area contributed by atoms with E-state index in [0.29, 0.717) is 35.5 Å². The van der Waals surface area contributed by atoms with Crippen LogP contribution in [0.25, 0.3) is 11.1 Å². The highest BCUT2D eigenvalue weighted by Crippen LogP contribution is 2.32. The lowest BCUT2D eigenvalue weighted by Gasteiger charge is -2.40. The van der Waals surface area contributed by atoms with E-state index in [9.17, 15) is 18.8 Å². The normalized spacial score (nSPS) is 21.5. The third kappa shape index (κ3) is 3.66. The minimum Gasteiger partial charge on any atom is -0.338 e. The Balaban J connectivity index is 1.41. The van der Waals surface area contributed by atoms with Crippen LogP contribution in [0, 0.1) is 11.7 Å². The van der Waals surface area contributed by atoms with Crippen molar-refractivity contribution in [1.82, 2.24) is 9.80 Å². The average molecular weight is 435 g/mol. The number of rotatable bonds is 2. The molecule has 0 radical (unpaired) electrons. The van der Waals surface area contributed by atoms with E-state index in [-0.39, 0.29) is 36.0 Å². The van der Waals surface area contributed by atoms with E-state index in [2.05, 4.69) is 5.32 Å². The molecule has 0 unspecified atom stereocenters. The Kier molecular flexibility index (Phi) is 5.41. The number of amides is 3. The Hall–Kier alpha value is -3.22. The van der Waals surface area contributed by atoms with Crippen LogP contribution in [0.15, 0.2) is 42.5 Å². The van der Waals surface area contributed by atoms with Crippen molar-refractivity contribution in [3.63, 3.8) is 0 Å². The molecule has 1 saturated carbocycles. The van der Waals surface area contributed by atoms with Crippen molar-refractivity contribution in [2.24, 2.45) is 5.92 Å². The van der Waals surface area contributed by atoms with E-state index in [1.807, 2.05) is 0 Å². The van der Waals surface area contributed by atoms with E-state index < -0.39 is 6.04 Å². The maximum atomic E-state index is 14.3. The number of piperazine rings is 1. The number of carbonyl (C=O) groups excluding carboxylic acids is 3. The SMILES string of the molecule is O=C1Nc2ccc(-c3ccccc3F)cc2C(=O)N2CCN(C(=O)C3CCCCC3)C[C@H]12. The highest BCUT2D eigenvalue weighted by Gasteiger charge is 2.41. The van der Waals surface area contributed by atoms with Gasteiger partial charge < -0.3 is 15.1 Å². The molecular weight excluding hydrogens is 409 g/mol. The number of carbonyl (C=O) groups is 3. The second kappa shape index (κ2) is 8.37. The maximum Gasteiger partial charge on any atom is 0.256 e. The van der Waals surface area contributed by atoms with Gasteiger partial charge >= 0.3 is 0 Å². The summed E-state index contributed by atoms with van der Waals surface area (Å²) in [6, 6.07) is 10.7. The van der Waals surface area contributed by atoms with E-state index >= 15 is 0 Å². The number of halogens is 1. The smallest absolute Gasteiger partial charge is 0.256 e. The number of benzene rings is 2. The van der Waals surface area contributed by atoms with Crippen LogP contribution in [-0.4, -0.2) is 53.2 Å². The van der Waals surface area contributed by atoms with Gasteiger partial charge in [0.2, 0.25) is 11.8 Å². The zero-order chi connectivity index (χ0) is 22.2. The van der Waals surface area contributed by atoms with E-state index in [1.165, 1.54) is 12.5 Å². The van der Waals surface area contributed by atoms with Gasteiger partial charge in [0, 0.05) is 24.6 Å². The molecule has 1 atom stereocenters. The first-order valence-electron chi connectivity index (χ1n) is 11.3. The van der Waals surface area contributed by atoms with Crippen molar-refractivity contribution in [1.29, 1.82) is 0 Å². The fourth-order valence-corrected chi connectivity index (χ4v) is 5.12. The highest BCUT2D eigenvalue weighted by molar-refractivity contribution is 6.10. The summed E-state index contributed by atoms with van der Waals surface area (Å²) in [6.07, 6.45) is 5.11. The summed E-state index contributed by atoms with van der Waals surface area (Å²) < 4.78 is 14.3. The predicted octanol–water partition coefficient (Wildman–Crippen LogP) is 3.68. The molecule has 2 aliphatic heterocycles. The van der Waals surface area contributed by atoms with Gasteiger partial charge in [-0.25, -0.2) is 4.39 Å². The van der Waals surface area contributed by atoms with Crippen LogP contribution in [0.1, 0.15) is 42.5 Å². The minimum atomic E-state index is -0.729. The quantitative estimate of drug-likeness (QED) is 0.783. The highest BCUT2D eigenvalue weighted by atomic mass is 19.1. The number of nitrogens with one attached hydrogen (secondary N) is 1. The van der Waals surface area contributed by atoms with Crippen molar-refractivity contribution in [3.05, 3.63) is 53.8 Å². The molecule has 32 heavy (non-hydrogen) atoms. The molecule has 0 bridgehead atoms. The third-order valence-corrected chi connectivity index (χ3v) is 6.90. The summed E-state index contributed by atoms with van der Waals surface area (Å²) in [4.78, 5) is 42.7. The van der Waals surface area contributed by atoms with Gasteiger partial charge in [-0.15, -0.1) is 0 Å². The molecule has 0 spiro atoms. The summed E-state index contributed by atoms with van der Waals surface area (Å²) in [5.74, 6) is -0.804. The van der Waals surface area contributed by atoms with Crippen LogP contribution in [0.3, 0.4) is 0 Å². The Labute approximate surface area is 186 Å². The molecule has 3 aliphatic rings. The molecule has 2 fully saturated rings. The van der Waals surface area contributed by atoms with E-state index in [0.717, 1.165) is 25.7 Å². The largest absolute Gasteiger partial charge is 0.338 e. The fraction of sp³-hybridized carbons (Fsp3) is 0.400. The average Bonchev–Trinajstić information content (AvgIpc) is 2.93. The van der Waals surface area contributed by atoms with Crippen molar-refractivity contribution < 1.29 is 18.8 Å². The molecule has 5 rings (SSSR count). The van der Waals surface area contributed by atoms with Gasteiger partial charge in [-0.05, 0) is 36.6 Å². The third-order valence-electron chi connectivity index (χ3n) is 6.90. The van der Waals surface area contributed by atoms with Crippen LogP contribution in [-0.2, 0) is 9.59 Å². The van der Waals surface area contributed by atoms with Crippen molar-refractivity contribution in [2.45, 2.75) is 38.1 Å². The van der Waals surface area contributed by atoms with Gasteiger partial charge in [-0.1, -0.05) is 43.5 Å². The van der Waals surface area contributed by atoms with Gasteiger partial charge in [0.1, 0.15) is 11.9 Å². The summed E-state index contributed by atoms with van der Waals surface area (Å²) in [5.41, 5.74) is 1.74. The number of fused-ring (bicyclic) bond motifs is 2. The van der Waals surface area contributed by atoms with Gasteiger partial charge in [0.15, 0.2) is 0 Å². The number of anilines is 1. The second-order valence-corrected chi connectivity index (χ2v) is 8.86. The van der Waals surface area contributed by atoms with Crippen molar-refractivity contribution in [3.8, 4) is 11.1 Å². The van der Waals surface area contributed by atoms with Crippen molar-refractivity contribution in [2.75, 3.05) is 25.0 Å². The maximum absolute atomic E-state index is 14.3. The molecule has 3 amide bonds. The zero-order valence-corrected chi connectivity index (χ0v) is 17.9. The Morgan fingerprint density at radius 3 is 2.53 bits per heavy atom. The summed E-state index contributed by atoms with van der Waals surface area (Å²) in [6.45, 7) is 0.938. The zero-order valence-electron chi connectivity index (χ0n) is 17.9. The van der Waals surface area contributed by atoms with Crippen LogP contribution in [0.5, 0.6) is 0 Å². The van der Waals surface area contributed by atoms with Crippen LogP contribution >= 0.6 is 0 Å². The second-order valence-electron chi connectivity index (χ2n) is 8.86. The topological polar surface area (TPSA) is 69.7 Å². The van der Waals surface area contributed by atoms with Crippen molar-refractivity contribution >= 4 is 23.4 Å². The number of hydrogen-bond donors (Lipinski definition) is 1. The van der Waals surface area contributed by atoms with E-state index in [4.69, 9.17) is 0 Å². The Bertz CT molecular complexity index is 1080. The minimum absolute atomic E-state index is 0.0281. The first-order valence-corrected chi connectivity index (χ1v) is 11.3. The first kappa shape index (κ1) is 20.7. The molecule has 1 aliphatic carbocycles. The Morgan fingerprint density at radius 1 is 0.969 bits per heavy atom.